The van der Waals surface area contributed by atoms with Crippen molar-refractivity contribution in [1.29, 1.82) is 0 Å². The predicted octanol–water partition coefficient (Wildman–Crippen LogP) is 13.7. The third kappa shape index (κ3) is 4.82. The first-order valence-corrected chi connectivity index (χ1v) is 17.8. The predicted molar refractivity (Wildman–Crippen MR) is 215 cm³/mol. The van der Waals surface area contributed by atoms with Crippen LogP contribution in [0, 0.1) is 0 Å². The van der Waals surface area contributed by atoms with Crippen LogP contribution in [-0.2, 0) is 0 Å². The maximum Gasteiger partial charge on any atom is 0.0476 e. The van der Waals surface area contributed by atoms with Crippen molar-refractivity contribution in [2.24, 2.45) is 0 Å². The van der Waals surface area contributed by atoms with Crippen LogP contribution in [0.3, 0.4) is 0 Å². The molecule has 0 bridgehead atoms. The van der Waals surface area contributed by atoms with E-state index in [0.717, 1.165) is 17.1 Å². The molecule has 3 heteroatoms. The molecule has 0 saturated carbocycles. The summed E-state index contributed by atoms with van der Waals surface area (Å²) in [5.41, 5.74) is 8.18. The van der Waals surface area contributed by atoms with Gasteiger partial charge in [0.25, 0.3) is 0 Å². The van der Waals surface area contributed by atoms with E-state index in [9.17, 15) is 0 Å². The third-order valence-corrected chi connectivity index (χ3v) is 11.1. The molecule has 0 aliphatic heterocycles. The van der Waals surface area contributed by atoms with Crippen LogP contribution >= 0.6 is 11.3 Å². The van der Waals surface area contributed by atoms with E-state index in [0.29, 0.717) is 0 Å². The number of nitrogens with zero attached hydrogens (tertiary/aromatic N) is 2. The number of aromatic nitrogens is 1. The number of hydrogen-bond donors (Lipinski definition) is 0. The Morgan fingerprint density at radius 3 is 1.72 bits per heavy atom. The van der Waals surface area contributed by atoms with Crippen molar-refractivity contribution in [2.45, 2.75) is 0 Å². The second-order valence-corrected chi connectivity index (χ2v) is 13.9. The Hall–Kier alpha value is -6.29. The zero-order chi connectivity index (χ0) is 33.0. The number of fused-ring (bicyclic) bond motifs is 8. The lowest BCUT2D eigenvalue weighted by Crippen LogP contribution is -2.09. The van der Waals surface area contributed by atoms with E-state index in [1.807, 2.05) is 23.7 Å². The van der Waals surface area contributed by atoms with E-state index in [2.05, 4.69) is 180 Å². The monoisotopic (exact) mass is 654 g/mol. The highest BCUT2D eigenvalue weighted by Gasteiger charge is 2.16. The topological polar surface area (TPSA) is 16.1 Å². The van der Waals surface area contributed by atoms with Gasteiger partial charge < -0.3 is 4.90 Å². The van der Waals surface area contributed by atoms with Crippen LogP contribution in [0.1, 0.15) is 0 Å². The molecular weight excluding hydrogens is 625 g/mol. The second-order valence-electron chi connectivity index (χ2n) is 12.8. The summed E-state index contributed by atoms with van der Waals surface area (Å²) in [6.45, 7) is 0. The van der Waals surface area contributed by atoms with Crippen molar-refractivity contribution in [3.63, 3.8) is 0 Å². The normalized spacial score (nSPS) is 11.6. The molecule has 0 aliphatic rings. The van der Waals surface area contributed by atoms with Crippen molar-refractivity contribution in [1.82, 2.24) is 4.98 Å². The molecule has 0 radical (unpaired) electrons. The highest BCUT2D eigenvalue weighted by molar-refractivity contribution is 7.25. The van der Waals surface area contributed by atoms with Crippen LogP contribution in [0.4, 0.5) is 17.1 Å². The first kappa shape index (κ1) is 28.7. The minimum absolute atomic E-state index is 1.11. The zero-order valence-corrected chi connectivity index (χ0v) is 27.9. The Labute approximate surface area is 294 Å². The van der Waals surface area contributed by atoms with Gasteiger partial charge in [0.05, 0.1) is 0 Å². The zero-order valence-electron chi connectivity index (χ0n) is 27.1. The largest absolute Gasteiger partial charge is 0.310 e. The van der Waals surface area contributed by atoms with Crippen molar-refractivity contribution in [2.75, 3.05) is 4.90 Å². The van der Waals surface area contributed by atoms with Crippen molar-refractivity contribution in [3.05, 3.63) is 182 Å². The molecule has 8 aromatic carbocycles. The van der Waals surface area contributed by atoms with Crippen molar-refractivity contribution < 1.29 is 0 Å². The molecule has 0 fully saturated rings. The first-order valence-electron chi connectivity index (χ1n) is 16.9. The van der Waals surface area contributed by atoms with E-state index in [1.54, 1.807) is 0 Å². The maximum absolute atomic E-state index is 4.39. The van der Waals surface area contributed by atoms with Gasteiger partial charge in [-0.05, 0) is 103 Å². The minimum Gasteiger partial charge on any atom is -0.310 e. The van der Waals surface area contributed by atoms with Gasteiger partial charge in [-0.3, -0.25) is 4.98 Å². The molecule has 2 nitrogen and oxygen atoms in total. The Balaban J connectivity index is 1.05. The van der Waals surface area contributed by atoms with E-state index >= 15 is 0 Å². The van der Waals surface area contributed by atoms with Crippen LogP contribution in [0.5, 0.6) is 0 Å². The highest BCUT2D eigenvalue weighted by Crippen LogP contribution is 2.41. The van der Waals surface area contributed by atoms with E-state index in [1.165, 1.54) is 74.7 Å². The molecule has 10 aromatic rings. The highest BCUT2D eigenvalue weighted by atomic mass is 32.1. The Morgan fingerprint density at radius 1 is 0.360 bits per heavy atom. The lowest BCUT2D eigenvalue weighted by Gasteiger charge is -2.26. The number of anilines is 3. The summed E-state index contributed by atoms with van der Waals surface area (Å²) in [5.74, 6) is 0. The van der Waals surface area contributed by atoms with Gasteiger partial charge >= 0.3 is 0 Å². The number of benzene rings is 8. The molecular formula is C47H30N2S. The van der Waals surface area contributed by atoms with Crippen molar-refractivity contribution in [3.8, 4) is 22.3 Å². The SMILES string of the molecule is c1ccc(-c2ccc(N(c3ccc(-c4ccc5c(ccc6c7ccccc7ccc56)c4)cc3)c3ccc4c(c3)sc3ccncc34)cc2)cc1. The molecule has 50 heavy (non-hydrogen) atoms. The molecule has 0 aliphatic carbocycles. The maximum atomic E-state index is 4.39. The lowest BCUT2D eigenvalue weighted by atomic mass is 9.95. The molecule has 0 unspecified atom stereocenters. The Kier molecular flexibility index (Phi) is 6.71. The average molecular weight is 655 g/mol. The molecule has 0 saturated heterocycles. The molecule has 0 spiro atoms. The van der Waals surface area contributed by atoms with Crippen LogP contribution in [0.15, 0.2) is 182 Å². The van der Waals surface area contributed by atoms with E-state index in [4.69, 9.17) is 0 Å². The fraction of sp³-hybridized carbons (Fsp3) is 0. The molecule has 0 amide bonds. The van der Waals surface area contributed by atoms with Gasteiger partial charge in [-0.15, -0.1) is 11.3 Å². The third-order valence-electron chi connectivity index (χ3n) is 9.95. The minimum atomic E-state index is 1.11. The smallest absolute Gasteiger partial charge is 0.0476 e. The molecule has 0 atom stereocenters. The summed E-state index contributed by atoms with van der Waals surface area (Å²) in [6, 6.07) is 61.9. The van der Waals surface area contributed by atoms with Gasteiger partial charge in [-0.2, -0.15) is 0 Å². The average Bonchev–Trinajstić information content (AvgIpc) is 3.56. The number of hydrogen-bond acceptors (Lipinski definition) is 3. The number of rotatable bonds is 5. The molecule has 10 rings (SSSR count). The van der Waals surface area contributed by atoms with Crippen LogP contribution in [0.2, 0.25) is 0 Å². The summed E-state index contributed by atoms with van der Waals surface area (Å²) >= 11 is 1.82. The van der Waals surface area contributed by atoms with Gasteiger partial charge in [0.15, 0.2) is 0 Å². The summed E-state index contributed by atoms with van der Waals surface area (Å²) < 4.78 is 2.51. The van der Waals surface area contributed by atoms with Crippen molar-refractivity contribution >= 4 is 80.9 Å². The summed E-state index contributed by atoms with van der Waals surface area (Å²) in [6.07, 6.45) is 3.85. The van der Waals surface area contributed by atoms with E-state index < -0.39 is 0 Å². The van der Waals surface area contributed by atoms with Gasteiger partial charge in [0.2, 0.25) is 0 Å². The molecule has 234 valence electrons. The van der Waals surface area contributed by atoms with Gasteiger partial charge in [0.1, 0.15) is 0 Å². The Morgan fingerprint density at radius 2 is 0.940 bits per heavy atom. The number of thiophene rings is 1. The molecule has 2 heterocycles. The van der Waals surface area contributed by atoms with Gasteiger partial charge in [0, 0.05) is 49.6 Å². The number of pyridine rings is 1. The summed E-state index contributed by atoms with van der Waals surface area (Å²) in [4.78, 5) is 6.75. The quantitative estimate of drug-likeness (QED) is 0.172. The standard InChI is InChI=1S/C47H30N2S/c1-2-6-31(7-3-1)32-10-17-37(18-11-32)49(39-21-25-44-45-30-48-27-26-46(45)50-47(44)29-39)38-19-12-33(13-20-38)35-15-22-41-36(28-35)16-24-42-40-9-5-4-8-34(40)14-23-43(41)42/h1-30H. The summed E-state index contributed by atoms with van der Waals surface area (Å²) in [7, 11) is 0. The summed E-state index contributed by atoms with van der Waals surface area (Å²) in [5, 5.41) is 10.2. The fourth-order valence-electron chi connectivity index (χ4n) is 7.44. The van der Waals surface area contributed by atoms with Crippen LogP contribution in [0.25, 0.3) is 74.7 Å². The van der Waals surface area contributed by atoms with Gasteiger partial charge in [-0.25, -0.2) is 0 Å². The van der Waals surface area contributed by atoms with Crippen LogP contribution in [-0.4, -0.2) is 4.98 Å². The lowest BCUT2D eigenvalue weighted by molar-refractivity contribution is 1.29. The Bertz CT molecular complexity index is 2850. The fourth-order valence-corrected chi connectivity index (χ4v) is 8.55. The molecule has 2 aromatic heterocycles. The van der Waals surface area contributed by atoms with Gasteiger partial charge in [-0.1, -0.05) is 121 Å². The second kappa shape index (κ2) is 11.7. The first-order chi connectivity index (χ1) is 24.8. The molecule has 0 N–H and O–H groups in total. The van der Waals surface area contributed by atoms with Crippen LogP contribution < -0.4 is 4.90 Å². The van der Waals surface area contributed by atoms with E-state index in [-0.39, 0.29) is 0 Å².